The van der Waals surface area contributed by atoms with Gasteiger partial charge in [-0.05, 0) is 26.1 Å². The number of aromatic amines is 2. The average molecular weight is 294 g/mol. The Hall–Kier alpha value is -1.27. The van der Waals surface area contributed by atoms with Crippen molar-refractivity contribution in [2.75, 3.05) is 18.6 Å². The fourth-order valence-electron chi connectivity index (χ4n) is 2.08. The van der Waals surface area contributed by atoms with Gasteiger partial charge in [0.05, 0.1) is 11.8 Å². The van der Waals surface area contributed by atoms with E-state index in [4.69, 9.17) is 0 Å². The van der Waals surface area contributed by atoms with Crippen LogP contribution in [0.4, 0.5) is 0 Å². The van der Waals surface area contributed by atoms with Crippen LogP contribution in [0, 0.1) is 0 Å². The standard InChI is InChI=1S/C14H22N4OS/c1-4-5-20-8-10(2)18(3)7-11-6-15-13-12(11)16-9-17-14(13)19/h6,9-10,15H,4-5,7-8H2,1-3H3,(H,16,17,19)/t10-/m0/s1. The molecule has 2 aromatic rings. The van der Waals surface area contributed by atoms with Crippen molar-refractivity contribution in [3.05, 3.63) is 28.4 Å². The molecule has 6 heteroatoms. The van der Waals surface area contributed by atoms with E-state index in [0.717, 1.165) is 23.4 Å². The number of H-pyrrole nitrogens is 2. The Bertz CT molecular complexity index is 606. The van der Waals surface area contributed by atoms with Crippen molar-refractivity contribution >= 4 is 22.8 Å². The maximum absolute atomic E-state index is 11.6. The minimum absolute atomic E-state index is 0.115. The van der Waals surface area contributed by atoms with Crippen LogP contribution in [0.2, 0.25) is 0 Å². The molecule has 2 rings (SSSR count). The first-order chi connectivity index (χ1) is 9.63. The lowest BCUT2D eigenvalue weighted by Gasteiger charge is -2.24. The van der Waals surface area contributed by atoms with Gasteiger partial charge >= 0.3 is 0 Å². The van der Waals surface area contributed by atoms with Gasteiger partial charge in [-0.1, -0.05) is 6.92 Å². The number of thioether (sulfide) groups is 1. The number of hydrogen-bond donors (Lipinski definition) is 2. The van der Waals surface area contributed by atoms with E-state index in [1.165, 1.54) is 18.5 Å². The van der Waals surface area contributed by atoms with Crippen LogP contribution < -0.4 is 5.56 Å². The lowest BCUT2D eigenvalue weighted by Crippen LogP contribution is -2.30. The Morgan fingerprint density at radius 2 is 2.25 bits per heavy atom. The molecule has 0 fully saturated rings. The Balaban J connectivity index is 2.04. The van der Waals surface area contributed by atoms with E-state index < -0.39 is 0 Å². The van der Waals surface area contributed by atoms with Gasteiger partial charge in [0.1, 0.15) is 5.52 Å². The molecule has 0 aliphatic rings. The van der Waals surface area contributed by atoms with E-state index in [1.807, 2.05) is 18.0 Å². The third-order valence-electron chi connectivity index (χ3n) is 3.43. The molecule has 0 saturated carbocycles. The molecule has 0 aromatic carbocycles. The molecule has 0 aliphatic heterocycles. The van der Waals surface area contributed by atoms with Crippen LogP contribution in [0.3, 0.4) is 0 Å². The van der Waals surface area contributed by atoms with Gasteiger partial charge in [-0.25, -0.2) is 4.98 Å². The maximum atomic E-state index is 11.6. The van der Waals surface area contributed by atoms with Crippen molar-refractivity contribution in [3.8, 4) is 0 Å². The summed E-state index contributed by atoms with van der Waals surface area (Å²) in [5, 5.41) is 0. The molecular formula is C14H22N4OS. The second-order valence-electron chi connectivity index (χ2n) is 5.11. The first kappa shape index (κ1) is 15.1. The summed E-state index contributed by atoms with van der Waals surface area (Å²) in [5.74, 6) is 2.34. The molecule has 2 aromatic heterocycles. The van der Waals surface area contributed by atoms with Crippen LogP contribution in [0.5, 0.6) is 0 Å². The number of nitrogens with one attached hydrogen (secondary N) is 2. The van der Waals surface area contributed by atoms with E-state index >= 15 is 0 Å². The Morgan fingerprint density at radius 1 is 1.45 bits per heavy atom. The minimum Gasteiger partial charge on any atom is -0.355 e. The Labute approximate surface area is 123 Å². The fourth-order valence-corrected chi connectivity index (χ4v) is 3.13. The second kappa shape index (κ2) is 6.95. The molecule has 2 N–H and O–H groups in total. The molecular weight excluding hydrogens is 272 g/mol. The second-order valence-corrected chi connectivity index (χ2v) is 6.26. The molecule has 20 heavy (non-hydrogen) atoms. The zero-order chi connectivity index (χ0) is 14.5. The normalized spacial score (nSPS) is 13.2. The molecule has 0 unspecified atom stereocenters. The smallest absolute Gasteiger partial charge is 0.275 e. The number of nitrogens with zero attached hydrogens (tertiary/aromatic N) is 2. The molecule has 110 valence electrons. The Morgan fingerprint density at radius 3 is 3.00 bits per heavy atom. The number of hydrogen-bond acceptors (Lipinski definition) is 4. The summed E-state index contributed by atoms with van der Waals surface area (Å²) in [6.45, 7) is 5.23. The summed E-state index contributed by atoms with van der Waals surface area (Å²) in [4.78, 5) is 23.8. The molecule has 2 heterocycles. The topological polar surface area (TPSA) is 64.8 Å². The zero-order valence-electron chi connectivity index (χ0n) is 12.3. The van der Waals surface area contributed by atoms with Crippen LogP contribution >= 0.6 is 11.8 Å². The predicted molar refractivity (Wildman–Crippen MR) is 85.3 cm³/mol. The van der Waals surface area contributed by atoms with Crippen LogP contribution in [0.15, 0.2) is 17.3 Å². The van der Waals surface area contributed by atoms with Crippen molar-refractivity contribution in [2.24, 2.45) is 0 Å². The number of fused-ring (bicyclic) bond motifs is 1. The molecule has 0 aliphatic carbocycles. The Kier molecular flexibility index (Phi) is 5.25. The van der Waals surface area contributed by atoms with E-state index in [9.17, 15) is 4.79 Å². The lowest BCUT2D eigenvalue weighted by atomic mass is 10.2. The molecule has 1 atom stereocenters. The van der Waals surface area contributed by atoms with Gasteiger partial charge in [-0.2, -0.15) is 11.8 Å². The average Bonchev–Trinajstić information content (AvgIpc) is 2.83. The summed E-state index contributed by atoms with van der Waals surface area (Å²) >= 11 is 1.99. The van der Waals surface area contributed by atoms with Crippen molar-refractivity contribution < 1.29 is 0 Å². The van der Waals surface area contributed by atoms with Gasteiger partial charge in [0.2, 0.25) is 0 Å². The quantitative estimate of drug-likeness (QED) is 0.769. The lowest BCUT2D eigenvalue weighted by molar-refractivity contribution is 0.270. The molecule has 0 amide bonds. The molecule has 5 nitrogen and oxygen atoms in total. The van der Waals surface area contributed by atoms with Gasteiger partial charge in [0.25, 0.3) is 5.56 Å². The van der Waals surface area contributed by atoms with Gasteiger partial charge in [-0.3, -0.25) is 9.69 Å². The summed E-state index contributed by atoms with van der Waals surface area (Å²) < 4.78 is 0. The highest BCUT2D eigenvalue weighted by Gasteiger charge is 2.13. The third kappa shape index (κ3) is 3.43. The van der Waals surface area contributed by atoms with Crippen LogP contribution in [0.25, 0.3) is 11.0 Å². The van der Waals surface area contributed by atoms with Gasteiger partial charge in [-0.15, -0.1) is 0 Å². The minimum atomic E-state index is -0.115. The van der Waals surface area contributed by atoms with E-state index in [1.54, 1.807) is 0 Å². The van der Waals surface area contributed by atoms with Crippen molar-refractivity contribution in [3.63, 3.8) is 0 Å². The van der Waals surface area contributed by atoms with Crippen molar-refractivity contribution in [2.45, 2.75) is 32.9 Å². The number of rotatable bonds is 7. The summed E-state index contributed by atoms with van der Waals surface area (Å²) in [5.41, 5.74) is 2.29. The van der Waals surface area contributed by atoms with E-state index in [2.05, 4.69) is 40.7 Å². The highest BCUT2D eigenvalue weighted by Crippen LogP contribution is 2.16. The maximum Gasteiger partial charge on any atom is 0.275 e. The molecule has 0 saturated heterocycles. The highest BCUT2D eigenvalue weighted by molar-refractivity contribution is 7.99. The SMILES string of the molecule is CCCSC[C@H](C)N(C)Cc1c[nH]c2c(=O)[nH]cnc12. The monoisotopic (exact) mass is 294 g/mol. The number of aromatic nitrogens is 3. The fraction of sp³-hybridized carbons (Fsp3) is 0.571. The first-order valence-electron chi connectivity index (χ1n) is 6.95. The van der Waals surface area contributed by atoms with E-state index in [-0.39, 0.29) is 5.56 Å². The first-order valence-corrected chi connectivity index (χ1v) is 8.10. The van der Waals surface area contributed by atoms with Gasteiger partial charge < -0.3 is 9.97 Å². The van der Waals surface area contributed by atoms with Crippen molar-refractivity contribution in [1.29, 1.82) is 0 Å². The van der Waals surface area contributed by atoms with Crippen molar-refractivity contribution in [1.82, 2.24) is 19.9 Å². The largest absolute Gasteiger partial charge is 0.355 e. The predicted octanol–water partition coefficient (Wildman–Crippen LogP) is 2.21. The summed E-state index contributed by atoms with van der Waals surface area (Å²) in [7, 11) is 2.11. The summed E-state index contributed by atoms with van der Waals surface area (Å²) in [6.07, 6.45) is 4.56. The van der Waals surface area contributed by atoms with Gasteiger partial charge in [0.15, 0.2) is 0 Å². The van der Waals surface area contributed by atoms with Crippen LogP contribution in [0.1, 0.15) is 25.8 Å². The molecule has 0 radical (unpaired) electrons. The third-order valence-corrected chi connectivity index (χ3v) is 4.84. The van der Waals surface area contributed by atoms with Crippen LogP contribution in [-0.2, 0) is 6.54 Å². The molecule has 0 spiro atoms. The summed E-state index contributed by atoms with van der Waals surface area (Å²) in [6, 6.07) is 0.499. The van der Waals surface area contributed by atoms with Crippen LogP contribution in [-0.4, -0.2) is 44.4 Å². The van der Waals surface area contributed by atoms with Gasteiger partial charge in [0, 0.05) is 30.1 Å². The van der Waals surface area contributed by atoms with E-state index in [0.29, 0.717) is 11.6 Å². The highest BCUT2D eigenvalue weighted by atomic mass is 32.2. The molecule has 0 bridgehead atoms. The zero-order valence-corrected chi connectivity index (χ0v) is 13.1.